The van der Waals surface area contributed by atoms with E-state index in [0.717, 1.165) is 19.3 Å². The highest BCUT2D eigenvalue weighted by Gasteiger charge is 2.27. The van der Waals surface area contributed by atoms with Crippen molar-refractivity contribution >= 4 is 17.9 Å². The first kappa shape index (κ1) is 28.9. The summed E-state index contributed by atoms with van der Waals surface area (Å²) in [5.41, 5.74) is -0.614. The maximum absolute atomic E-state index is 12.5. The Hall–Kier alpha value is -2.05. The van der Waals surface area contributed by atoms with Crippen molar-refractivity contribution in [2.75, 3.05) is 13.1 Å². The third-order valence-corrected chi connectivity index (χ3v) is 5.47. The number of hydrogen-bond acceptors (Lipinski definition) is 4. The van der Waals surface area contributed by atoms with Gasteiger partial charge in [0.15, 0.2) is 0 Å². The number of hydrogen-bond donors (Lipinski definition) is 3. The molecule has 0 saturated heterocycles. The van der Waals surface area contributed by atoms with E-state index in [1.807, 2.05) is 32.9 Å². The summed E-state index contributed by atoms with van der Waals surface area (Å²) < 4.78 is 5.27. The molecule has 0 fully saturated rings. The van der Waals surface area contributed by atoms with E-state index in [1.54, 1.807) is 20.8 Å². The van der Waals surface area contributed by atoms with Crippen molar-refractivity contribution in [2.45, 2.75) is 92.7 Å². The normalized spacial score (nSPS) is 15.6. The maximum atomic E-state index is 12.5. The van der Waals surface area contributed by atoms with Crippen molar-refractivity contribution in [1.82, 2.24) is 16.0 Å². The number of rotatable bonds is 13. The quantitative estimate of drug-likeness (QED) is 0.296. The minimum Gasteiger partial charge on any atom is -0.444 e. The Morgan fingerprint density at radius 2 is 1.32 bits per heavy atom. The lowest BCUT2D eigenvalue weighted by Crippen LogP contribution is -2.51. The zero-order valence-corrected chi connectivity index (χ0v) is 20.8. The summed E-state index contributed by atoms with van der Waals surface area (Å²) in [6, 6.07) is -0.633. The van der Waals surface area contributed by atoms with Crippen LogP contribution in [0.3, 0.4) is 0 Å². The van der Waals surface area contributed by atoms with E-state index in [0.29, 0.717) is 25.4 Å². The molecule has 0 aromatic carbocycles. The second-order valence-electron chi connectivity index (χ2n) is 9.31. The number of nitrogens with one attached hydrogen (secondary N) is 3. The lowest BCUT2D eigenvalue weighted by Gasteiger charge is -2.26. The van der Waals surface area contributed by atoms with Gasteiger partial charge in [0.05, 0.1) is 0 Å². The summed E-state index contributed by atoms with van der Waals surface area (Å²) in [4.78, 5) is 36.6. The molecule has 3 amide bonds. The largest absolute Gasteiger partial charge is 0.444 e. The number of carbonyl (C=O) groups excluding carboxylic acids is 3. The fourth-order valence-corrected chi connectivity index (χ4v) is 2.81. The van der Waals surface area contributed by atoms with Gasteiger partial charge in [0.1, 0.15) is 11.6 Å². The van der Waals surface area contributed by atoms with Crippen LogP contribution in [0.2, 0.25) is 0 Å². The molecule has 7 nitrogen and oxygen atoms in total. The van der Waals surface area contributed by atoms with Crippen LogP contribution in [0.1, 0.15) is 81.1 Å². The number of alkyl carbamates (subject to hydrolysis) is 1. The van der Waals surface area contributed by atoms with Crippen LogP contribution in [0.5, 0.6) is 0 Å². The van der Waals surface area contributed by atoms with Gasteiger partial charge in [-0.25, -0.2) is 4.79 Å². The second kappa shape index (κ2) is 14.9. The molecular weight excluding hydrogens is 394 g/mol. The van der Waals surface area contributed by atoms with Crippen LogP contribution in [0, 0.1) is 17.8 Å². The Balaban J connectivity index is 4.29. The Kier molecular flexibility index (Phi) is 13.9. The van der Waals surface area contributed by atoms with Crippen LogP contribution in [-0.4, -0.2) is 42.6 Å². The SMILES string of the molecule is CCC(C)[C@H](C)C(=O)NCCC=CCCNC(=O)[C@@H](NC(=O)OC(C)(C)C)C(C)CC. The molecular formula is C24H45N3O4. The zero-order chi connectivity index (χ0) is 24.0. The summed E-state index contributed by atoms with van der Waals surface area (Å²) in [5.74, 6) is 0.285. The second-order valence-corrected chi connectivity index (χ2v) is 9.31. The third-order valence-electron chi connectivity index (χ3n) is 5.47. The predicted molar refractivity (Wildman–Crippen MR) is 126 cm³/mol. The number of amides is 3. The standard InChI is InChI=1S/C24H45N3O4/c1-9-17(3)19(5)21(28)25-15-13-11-12-14-16-26-22(29)20(18(4)10-2)27-23(30)31-24(6,7)8/h11-12,17-20H,9-10,13-16H2,1-8H3,(H,25,28)(H,26,29)(H,27,30)/t17?,18?,19-,20-/m0/s1. The fraction of sp³-hybridized carbons (Fsp3) is 0.792. The average Bonchev–Trinajstić information content (AvgIpc) is 2.70. The summed E-state index contributed by atoms with van der Waals surface area (Å²) >= 11 is 0. The van der Waals surface area contributed by atoms with E-state index in [-0.39, 0.29) is 23.7 Å². The Morgan fingerprint density at radius 1 is 0.839 bits per heavy atom. The molecule has 0 aromatic rings. The van der Waals surface area contributed by atoms with Crippen molar-refractivity contribution in [3.8, 4) is 0 Å². The molecule has 31 heavy (non-hydrogen) atoms. The molecule has 2 unspecified atom stereocenters. The molecule has 0 rings (SSSR count). The van der Waals surface area contributed by atoms with E-state index in [2.05, 4.69) is 29.8 Å². The number of carbonyl (C=O) groups is 3. The van der Waals surface area contributed by atoms with Crippen LogP contribution < -0.4 is 16.0 Å². The molecule has 0 heterocycles. The van der Waals surface area contributed by atoms with Crippen LogP contribution in [-0.2, 0) is 14.3 Å². The topological polar surface area (TPSA) is 96.5 Å². The van der Waals surface area contributed by atoms with Crippen molar-refractivity contribution in [3.05, 3.63) is 12.2 Å². The molecule has 0 bridgehead atoms. The minimum absolute atomic E-state index is 0.00973. The van der Waals surface area contributed by atoms with Gasteiger partial charge in [-0.1, -0.05) is 59.6 Å². The first-order valence-corrected chi connectivity index (χ1v) is 11.6. The molecule has 0 aromatic heterocycles. The van der Waals surface area contributed by atoms with E-state index in [1.165, 1.54) is 0 Å². The van der Waals surface area contributed by atoms with Gasteiger partial charge < -0.3 is 20.7 Å². The highest BCUT2D eigenvalue weighted by Crippen LogP contribution is 2.14. The van der Waals surface area contributed by atoms with Crippen LogP contribution in [0.25, 0.3) is 0 Å². The van der Waals surface area contributed by atoms with Gasteiger partial charge in [-0.3, -0.25) is 9.59 Å². The highest BCUT2D eigenvalue weighted by molar-refractivity contribution is 5.86. The fourth-order valence-electron chi connectivity index (χ4n) is 2.81. The summed E-state index contributed by atoms with van der Waals surface area (Å²) in [6.07, 6.45) is 6.60. The van der Waals surface area contributed by atoms with Crippen LogP contribution in [0.15, 0.2) is 12.2 Å². The third kappa shape index (κ3) is 13.1. The molecule has 0 aliphatic rings. The van der Waals surface area contributed by atoms with Gasteiger partial charge in [0.2, 0.25) is 11.8 Å². The van der Waals surface area contributed by atoms with E-state index in [4.69, 9.17) is 4.74 Å². The molecule has 0 radical (unpaired) electrons. The van der Waals surface area contributed by atoms with Crippen molar-refractivity contribution in [2.24, 2.45) is 17.8 Å². The molecule has 0 aliphatic carbocycles. The van der Waals surface area contributed by atoms with Crippen molar-refractivity contribution in [1.29, 1.82) is 0 Å². The van der Waals surface area contributed by atoms with Crippen molar-refractivity contribution < 1.29 is 19.1 Å². The monoisotopic (exact) mass is 439 g/mol. The molecule has 7 heteroatoms. The van der Waals surface area contributed by atoms with E-state index in [9.17, 15) is 14.4 Å². The zero-order valence-electron chi connectivity index (χ0n) is 20.8. The van der Waals surface area contributed by atoms with Crippen LogP contribution in [0.4, 0.5) is 4.79 Å². The Labute approximate surface area is 189 Å². The summed E-state index contributed by atoms with van der Waals surface area (Å²) in [6.45, 7) is 16.5. The summed E-state index contributed by atoms with van der Waals surface area (Å²) in [5, 5.41) is 8.53. The maximum Gasteiger partial charge on any atom is 0.408 e. The molecule has 180 valence electrons. The highest BCUT2D eigenvalue weighted by atomic mass is 16.6. The molecule has 0 aliphatic heterocycles. The smallest absolute Gasteiger partial charge is 0.408 e. The van der Waals surface area contributed by atoms with Gasteiger partial charge in [-0.15, -0.1) is 0 Å². The van der Waals surface area contributed by atoms with Crippen LogP contribution >= 0.6 is 0 Å². The van der Waals surface area contributed by atoms with Gasteiger partial charge in [-0.05, 0) is 45.4 Å². The first-order valence-electron chi connectivity index (χ1n) is 11.6. The van der Waals surface area contributed by atoms with Gasteiger partial charge in [0, 0.05) is 19.0 Å². The molecule has 3 N–H and O–H groups in total. The average molecular weight is 440 g/mol. The van der Waals surface area contributed by atoms with E-state index < -0.39 is 17.7 Å². The van der Waals surface area contributed by atoms with Crippen molar-refractivity contribution in [3.63, 3.8) is 0 Å². The number of ether oxygens (including phenoxy) is 1. The first-order chi connectivity index (χ1) is 14.4. The molecule has 0 spiro atoms. The minimum atomic E-state index is -0.633. The van der Waals surface area contributed by atoms with Gasteiger partial charge in [-0.2, -0.15) is 0 Å². The van der Waals surface area contributed by atoms with Gasteiger partial charge in [0.25, 0.3) is 0 Å². The predicted octanol–water partition coefficient (Wildman–Crippen LogP) is 4.18. The lowest BCUT2D eigenvalue weighted by molar-refractivity contribution is -0.126. The lowest BCUT2D eigenvalue weighted by atomic mass is 9.93. The molecule has 0 saturated carbocycles. The summed E-state index contributed by atoms with van der Waals surface area (Å²) in [7, 11) is 0. The van der Waals surface area contributed by atoms with Gasteiger partial charge >= 0.3 is 6.09 Å². The Bertz CT molecular complexity index is 584. The molecule has 4 atom stereocenters. The van der Waals surface area contributed by atoms with E-state index >= 15 is 0 Å². The Morgan fingerprint density at radius 3 is 1.77 bits per heavy atom.